The Labute approximate surface area is 124 Å². The van der Waals surface area contributed by atoms with E-state index in [2.05, 4.69) is 4.72 Å². The van der Waals surface area contributed by atoms with Gasteiger partial charge in [0.05, 0.1) is 11.1 Å². The summed E-state index contributed by atoms with van der Waals surface area (Å²) < 4.78 is 26.5. The zero-order valence-electron chi connectivity index (χ0n) is 10.9. The van der Waals surface area contributed by atoms with Gasteiger partial charge in [-0.1, -0.05) is 48.0 Å². The third-order valence-corrected chi connectivity index (χ3v) is 3.92. The van der Waals surface area contributed by atoms with Crippen molar-refractivity contribution in [3.05, 3.63) is 70.1 Å². The molecule has 0 fully saturated rings. The van der Waals surface area contributed by atoms with Gasteiger partial charge < -0.3 is 0 Å². The van der Waals surface area contributed by atoms with Crippen LogP contribution in [0.1, 0.15) is 11.1 Å². The van der Waals surface area contributed by atoms with E-state index in [4.69, 9.17) is 11.6 Å². The first-order valence-corrected chi connectivity index (χ1v) is 7.91. The molecule has 0 unspecified atom stereocenters. The first-order chi connectivity index (χ1) is 9.46. The first kappa shape index (κ1) is 14.6. The van der Waals surface area contributed by atoms with Crippen molar-refractivity contribution in [3.63, 3.8) is 0 Å². The van der Waals surface area contributed by atoms with Crippen LogP contribution in [0.4, 0.5) is 5.69 Å². The van der Waals surface area contributed by atoms with Crippen molar-refractivity contribution >= 4 is 33.4 Å². The quantitative estimate of drug-likeness (QED) is 0.926. The molecule has 5 heteroatoms. The number of nitrogens with one attached hydrogen (secondary N) is 1. The molecule has 0 bridgehead atoms. The van der Waals surface area contributed by atoms with Crippen LogP contribution in [-0.2, 0) is 10.0 Å². The summed E-state index contributed by atoms with van der Waals surface area (Å²) in [4.78, 5) is 0. The number of benzene rings is 2. The molecule has 2 rings (SSSR count). The predicted molar refractivity (Wildman–Crippen MR) is 84.2 cm³/mol. The molecule has 20 heavy (non-hydrogen) atoms. The van der Waals surface area contributed by atoms with E-state index in [-0.39, 0.29) is 0 Å². The van der Waals surface area contributed by atoms with E-state index < -0.39 is 10.0 Å². The van der Waals surface area contributed by atoms with E-state index in [1.807, 2.05) is 37.3 Å². The van der Waals surface area contributed by atoms with Crippen LogP contribution in [0, 0.1) is 6.92 Å². The Kier molecular flexibility index (Phi) is 4.47. The van der Waals surface area contributed by atoms with Gasteiger partial charge >= 0.3 is 0 Å². The van der Waals surface area contributed by atoms with Crippen molar-refractivity contribution in [2.75, 3.05) is 4.72 Å². The molecule has 0 aromatic heterocycles. The van der Waals surface area contributed by atoms with Crippen LogP contribution in [-0.4, -0.2) is 8.42 Å². The Bertz CT molecular complexity index is 725. The lowest BCUT2D eigenvalue weighted by Crippen LogP contribution is -2.09. The van der Waals surface area contributed by atoms with Crippen LogP contribution in [0.25, 0.3) is 6.08 Å². The highest BCUT2D eigenvalue weighted by atomic mass is 35.5. The Morgan fingerprint density at radius 2 is 1.80 bits per heavy atom. The lowest BCUT2D eigenvalue weighted by atomic mass is 10.2. The number of aryl methyl sites for hydroxylation is 1. The van der Waals surface area contributed by atoms with Crippen LogP contribution < -0.4 is 4.72 Å². The molecule has 0 aliphatic rings. The summed E-state index contributed by atoms with van der Waals surface area (Å²) in [6.45, 7) is 1.81. The molecule has 0 saturated heterocycles. The number of hydrogen-bond donors (Lipinski definition) is 1. The van der Waals surface area contributed by atoms with Gasteiger partial charge in [-0.05, 0) is 36.3 Å². The number of halogens is 1. The van der Waals surface area contributed by atoms with Gasteiger partial charge in [-0.2, -0.15) is 0 Å². The van der Waals surface area contributed by atoms with E-state index >= 15 is 0 Å². The van der Waals surface area contributed by atoms with Crippen LogP contribution in [0.2, 0.25) is 5.02 Å². The van der Waals surface area contributed by atoms with Gasteiger partial charge in [-0.3, -0.25) is 4.72 Å². The average Bonchev–Trinajstić information content (AvgIpc) is 2.42. The van der Waals surface area contributed by atoms with Gasteiger partial charge in [0.1, 0.15) is 0 Å². The standard InChI is InChI=1S/C15H14ClNO2S/c1-12-7-8-14(16)11-15(12)17-20(18,19)10-9-13-5-3-2-4-6-13/h2-11,17H,1H3/b10-9+. The van der Waals surface area contributed by atoms with Gasteiger partial charge in [-0.15, -0.1) is 0 Å². The Hall–Kier alpha value is -1.78. The molecule has 2 aromatic carbocycles. The van der Waals surface area contributed by atoms with Gasteiger partial charge in [-0.25, -0.2) is 8.42 Å². The summed E-state index contributed by atoms with van der Waals surface area (Å²) in [6.07, 6.45) is 1.54. The van der Waals surface area contributed by atoms with E-state index in [1.165, 1.54) is 0 Å². The second-order valence-electron chi connectivity index (χ2n) is 4.32. The van der Waals surface area contributed by atoms with Crippen molar-refractivity contribution in [1.82, 2.24) is 0 Å². The molecule has 3 nitrogen and oxygen atoms in total. The summed E-state index contributed by atoms with van der Waals surface area (Å²) in [5.41, 5.74) is 2.11. The summed E-state index contributed by atoms with van der Waals surface area (Å²) in [6, 6.07) is 14.3. The zero-order chi connectivity index (χ0) is 14.6. The second kappa shape index (κ2) is 6.11. The van der Waals surface area contributed by atoms with E-state index in [1.54, 1.807) is 24.3 Å². The Balaban J connectivity index is 2.19. The summed E-state index contributed by atoms with van der Waals surface area (Å²) in [5.74, 6) is 0. The maximum atomic E-state index is 12.0. The Morgan fingerprint density at radius 3 is 2.50 bits per heavy atom. The SMILES string of the molecule is Cc1ccc(Cl)cc1NS(=O)(=O)/C=C/c1ccccc1. The number of hydrogen-bond acceptors (Lipinski definition) is 2. The molecule has 1 N–H and O–H groups in total. The number of sulfonamides is 1. The minimum Gasteiger partial charge on any atom is -0.280 e. The largest absolute Gasteiger partial charge is 0.280 e. The summed E-state index contributed by atoms with van der Waals surface area (Å²) in [7, 11) is -3.56. The highest BCUT2D eigenvalue weighted by Crippen LogP contribution is 2.21. The number of anilines is 1. The van der Waals surface area contributed by atoms with Gasteiger partial charge in [0.25, 0.3) is 10.0 Å². The molecule has 104 valence electrons. The predicted octanol–water partition coefficient (Wildman–Crippen LogP) is 4.06. The van der Waals surface area contributed by atoms with Crippen molar-refractivity contribution in [1.29, 1.82) is 0 Å². The van der Waals surface area contributed by atoms with E-state index in [0.717, 1.165) is 16.5 Å². The van der Waals surface area contributed by atoms with Crippen LogP contribution >= 0.6 is 11.6 Å². The lowest BCUT2D eigenvalue weighted by molar-refractivity contribution is 0.609. The molecule has 0 aliphatic heterocycles. The molecule has 0 radical (unpaired) electrons. The highest BCUT2D eigenvalue weighted by Gasteiger charge is 2.08. The fourth-order valence-electron chi connectivity index (χ4n) is 1.62. The van der Waals surface area contributed by atoms with Crippen LogP contribution in [0.15, 0.2) is 53.9 Å². The summed E-state index contributed by atoms with van der Waals surface area (Å²) >= 11 is 5.87. The van der Waals surface area contributed by atoms with Gasteiger partial charge in [0, 0.05) is 5.02 Å². The molecular formula is C15H14ClNO2S. The second-order valence-corrected chi connectivity index (χ2v) is 6.32. The molecule has 0 atom stereocenters. The molecular weight excluding hydrogens is 294 g/mol. The van der Waals surface area contributed by atoms with Crippen LogP contribution in [0.5, 0.6) is 0 Å². The lowest BCUT2D eigenvalue weighted by Gasteiger charge is -2.08. The molecule has 0 amide bonds. The van der Waals surface area contributed by atoms with Gasteiger partial charge in [0.2, 0.25) is 0 Å². The minimum atomic E-state index is -3.56. The van der Waals surface area contributed by atoms with Crippen LogP contribution in [0.3, 0.4) is 0 Å². The minimum absolute atomic E-state index is 0.482. The fraction of sp³-hybridized carbons (Fsp3) is 0.0667. The summed E-state index contributed by atoms with van der Waals surface area (Å²) in [5, 5.41) is 1.63. The zero-order valence-corrected chi connectivity index (χ0v) is 12.4. The fourth-order valence-corrected chi connectivity index (χ4v) is 2.73. The highest BCUT2D eigenvalue weighted by molar-refractivity contribution is 7.95. The van der Waals surface area contributed by atoms with E-state index in [0.29, 0.717) is 10.7 Å². The maximum Gasteiger partial charge on any atom is 0.255 e. The topological polar surface area (TPSA) is 46.2 Å². The smallest absolute Gasteiger partial charge is 0.255 e. The Morgan fingerprint density at radius 1 is 1.10 bits per heavy atom. The van der Waals surface area contributed by atoms with Crippen molar-refractivity contribution < 1.29 is 8.42 Å². The first-order valence-electron chi connectivity index (χ1n) is 5.98. The van der Waals surface area contributed by atoms with Gasteiger partial charge in [0.15, 0.2) is 0 Å². The average molecular weight is 308 g/mol. The molecule has 0 aliphatic carbocycles. The van der Waals surface area contributed by atoms with Crippen molar-refractivity contribution in [3.8, 4) is 0 Å². The molecule has 0 saturated carbocycles. The van der Waals surface area contributed by atoms with Crippen molar-refractivity contribution in [2.45, 2.75) is 6.92 Å². The third-order valence-electron chi connectivity index (χ3n) is 2.69. The van der Waals surface area contributed by atoms with E-state index in [9.17, 15) is 8.42 Å². The molecule has 2 aromatic rings. The normalized spacial score (nSPS) is 11.7. The molecule has 0 heterocycles. The number of rotatable bonds is 4. The third kappa shape index (κ3) is 4.11. The van der Waals surface area contributed by atoms with Crippen molar-refractivity contribution in [2.24, 2.45) is 0 Å². The monoisotopic (exact) mass is 307 g/mol. The molecule has 0 spiro atoms. The maximum absolute atomic E-state index is 12.0.